The van der Waals surface area contributed by atoms with Crippen molar-refractivity contribution in [3.63, 3.8) is 0 Å². The van der Waals surface area contributed by atoms with Gasteiger partial charge in [-0.25, -0.2) is 0 Å². The highest BCUT2D eigenvalue weighted by Crippen LogP contribution is 2.29. The monoisotopic (exact) mass is 320 g/mol. The van der Waals surface area contributed by atoms with E-state index in [0.717, 1.165) is 0 Å². The van der Waals surface area contributed by atoms with Gasteiger partial charge in [-0.2, -0.15) is 0 Å². The molecule has 1 rings (SSSR count). The van der Waals surface area contributed by atoms with Gasteiger partial charge in [-0.15, -0.1) is 6.58 Å². The number of hydrogen-bond acceptors (Lipinski definition) is 7. The first kappa shape index (κ1) is 19.5. The fourth-order valence-corrected chi connectivity index (χ4v) is 2.68. The van der Waals surface area contributed by atoms with Gasteiger partial charge >= 0.3 is 0 Å². The highest BCUT2D eigenvalue weighted by molar-refractivity contribution is 4.91. The number of methoxy groups -OCH3 is 3. The van der Waals surface area contributed by atoms with Crippen molar-refractivity contribution < 1.29 is 33.9 Å². The Bertz CT molecular complexity index is 325. The third-order valence-electron chi connectivity index (χ3n) is 3.87. The summed E-state index contributed by atoms with van der Waals surface area (Å²) in [6.07, 6.45) is -1.91. The number of aliphatic hydroxyl groups excluding tert-OH is 2. The van der Waals surface area contributed by atoms with Crippen LogP contribution in [0.4, 0.5) is 0 Å². The van der Waals surface area contributed by atoms with Crippen LogP contribution in [0.2, 0.25) is 0 Å². The van der Waals surface area contributed by atoms with Crippen LogP contribution in [0.5, 0.6) is 0 Å². The first-order valence-corrected chi connectivity index (χ1v) is 7.33. The maximum absolute atomic E-state index is 9.85. The lowest BCUT2D eigenvalue weighted by molar-refractivity contribution is -0.320. The zero-order valence-electron chi connectivity index (χ0n) is 13.7. The van der Waals surface area contributed by atoms with Crippen molar-refractivity contribution in [2.24, 2.45) is 0 Å². The predicted molar refractivity (Wildman–Crippen MR) is 79.5 cm³/mol. The number of aliphatic hydroxyl groups is 2. The molecule has 0 aliphatic carbocycles. The Morgan fingerprint density at radius 2 is 1.73 bits per heavy atom. The molecule has 0 spiro atoms. The van der Waals surface area contributed by atoms with Crippen molar-refractivity contribution in [3.8, 4) is 0 Å². The molecule has 1 heterocycles. The average molecular weight is 320 g/mol. The SMILES string of the molecule is C=CC[C@H](O[C@@H]1O[C@@H](C)[C@H](OC)[C@@H](OC)[C@H]1OC)[C@H](O)CO. The van der Waals surface area contributed by atoms with E-state index in [1.54, 1.807) is 20.3 Å². The molecule has 0 aromatic carbocycles. The van der Waals surface area contributed by atoms with Crippen molar-refractivity contribution in [2.75, 3.05) is 27.9 Å². The largest absolute Gasteiger partial charge is 0.394 e. The molecule has 0 radical (unpaired) electrons. The lowest BCUT2D eigenvalue weighted by Crippen LogP contribution is -2.60. The smallest absolute Gasteiger partial charge is 0.187 e. The summed E-state index contributed by atoms with van der Waals surface area (Å²) in [4.78, 5) is 0. The molecule has 1 fully saturated rings. The third kappa shape index (κ3) is 4.48. The van der Waals surface area contributed by atoms with Crippen molar-refractivity contribution in [1.82, 2.24) is 0 Å². The van der Waals surface area contributed by atoms with Crippen LogP contribution in [0.3, 0.4) is 0 Å². The second-order valence-electron chi connectivity index (χ2n) is 5.26. The highest BCUT2D eigenvalue weighted by atomic mass is 16.7. The first-order chi connectivity index (χ1) is 10.5. The summed E-state index contributed by atoms with van der Waals surface area (Å²) in [6, 6.07) is 0. The molecular formula is C15H28O7. The number of ether oxygens (including phenoxy) is 5. The van der Waals surface area contributed by atoms with Gasteiger partial charge in [0.25, 0.3) is 0 Å². The molecule has 7 atom stereocenters. The zero-order valence-corrected chi connectivity index (χ0v) is 13.7. The van der Waals surface area contributed by atoms with Crippen LogP contribution < -0.4 is 0 Å². The van der Waals surface area contributed by atoms with Crippen molar-refractivity contribution in [2.45, 2.75) is 56.3 Å². The van der Waals surface area contributed by atoms with Crippen LogP contribution in [0.1, 0.15) is 13.3 Å². The first-order valence-electron chi connectivity index (χ1n) is 7.33. The topological polar surface area (TPSA) is 86.6 Å². The quantitative estimate of drug-likeness (QED) is 0.582. The minimum Gasteiger partial charge on any atom is -0.394 e. The third-order valence-corrected chi connectivity index (χ3v) is 3.87. The molecule has 0 aromatic heterocycles. The van der Waals surface area contributed by atoms with Crippen LogP contribution in [0.25, 0.3) is 0 Å². The van der Waals surface area contributed by atoms with Gasteiger partial charge in [0.05, 0.1) is 18.8 Å². The van der Waals surface area contributed by atoms with Crippen LogP contribution in [0.15, 0.2) is 12.7 Å². The summed E-state index contributed by atoms with van der Waals surface area (Å²) >= 11 is 0. The van der Waals surface area contributed by atoms with Gasteiger partial charge in [0.15, 0.2) is 6.29 Å². The molecule has 0 bridgehead atoms. The van der Waals surface area contributed by atoms with Gasteiger partial charge in [-0.3, -0.25) is 0 Å². The molecule has 7 heteroatoms. The molecule has 1 saturated heterocycles. The molecule has 0 unspecified atom stereocenters. The summed E-state index contributed by atoms with van der Waals surface area (Å²) in [5.74, 6) is 0. The summed E-state index contributed by atoms with van der Waals surface area (Å²) in [6.45, 7) is 5.08. The molecule has 1 aliphatic heterocycles. The van der Waals surface area contributed by atoms with Gasteiger partial charge in [0.2, 0.25) is 0 Å². The van der Waals surface area contributed by atoms with Gasteiger partial charge in [0.1, 0.15) is 24.4 Å². The van der Waals surface area contributed by atoms with E-state index < -0.39 is 31.2 Å². The van der Waals surface area contributed by atoms with E-state index in [1.807, 2.05) is 6.92 Å². The maximum atomic E-state index is 9.85. The maximum Gasteiger partial charge on any atom is 0.187 e. The van der Waals surface area contributed by atoms with Crippen molar-refractivity contribution in [3.05, 3.63) is 12.7 Å². The van der Waals surface area contributed by atoms with E-state index in [4.69, 9.17) is 28.8 Å². The van der Waals surface area contributed by atoms with E-state index in [1.165, 1.54) is 7.11 Å². The number of rotatable bonds is 9. The molecule has 0 amide bonds. The van der Waals surface area contributed by atoms with Crippen molar-refractivity contribution in [1.29, 1.82) is 0 Å². The normalized spacial score (nSPS) is 35.1. The second kappa shape index (κ2) is 9.57. The molecule has 0 aromatic rings. The van der Waals surface area contributed by atoms with Crippen LogP contribution in [0, 0.1) is 0 Å². The summed E-state index contributed by atoms with van der Waals surface area (Å²) in [5.41, 5.74) is 0. The molecule has 2 N–H and O–H groups in total. The minimum absolute atomic E-state index is 0.276. The van der Waals surface area contributed by atoms with Crippen LogP contribution in [-0.4, -0.2) is 81.1 Å². The molecule has 0 saturated carbocycles. The molecule has 1 aliphatic rings. The van der Waals surface area contributed by atoms with Gasteiger partial charge in [0, 0.05) is 21.3 Å². The predicted octanol–water partition coefficient (Wildman–Crippen LogP) is 0.0907. The zero-order chi connectivity index (χ0) is 16.7. The van der Waals surface area contributed by atoms with Gasteiger partial charge in [-0.1, -0.05) is 6.08 Å². The summed E-state index contributed by atoms with van der Waals surface area (Å²) in [5, 5.41) is 19.0. The molecule has 130 valence electrons. The van der Waals surface area contributed by atoms with E-state index in [9.17, 15) is 5.11 Å². The summed E-state index contributed by atoms with van der Waals surface area (Å²) < 4.78 is 28.0. The highest BCUT2D eigenvalue weighted by Gasteiger charge is 2.47. The molecule has 7 nitrogen and oxygen atoms in total. The lowest BCUT2D eigenvalue weighted by Gasteiger charge is -2.44. The summed E-state index contributed by atoms with van der Waals surface area (Å²) in [7, 11) is 4.69. The second-order valence-corrected chi connectivity index (χ2v) is 5.26. The number of hydrogen-bond donors (Lipinski definition) is 2. The van der Waals surface area contributed by atoms with E-state index in [-0.39, 0.29) is 18.3 Å². The lowest BCUT2D eigenvalue weighted by atomic mass is 9.99. The minimum atomic E-state index is -1.03. The van der Waals surface area contributed by atoms with E-state index in [0.29, 0.717) is 6.42 Å². The Kier molecular flexibility index (Phi) is 8.48. The molecule has 22 heavy (non-hydrogen) atoms. The Labute approximate surface area is 131 Å². The van der Waals surface area contributed by atoms with E-state index in [2.05, 4.69) is 6.58 Å². The Hall–Kier alpha value is -0.540. The van der Waals surface area contributed by atoms with Crippen molar-refractivity contribution >= 4 is 0 Å². The Balaban J connectivity index is 2.88. The average Bonchev–Trinajstić information content (AvgIpc) is 2.52. The Morgan fingerprint density at radius 3 is 2.18 bits per heavy atom. The van der Waals surface area contributed by atoms with E-state index >= 15 is 0 Å². The van der Waals surface area contributed by atoms with Gasteiger partial charge < -0.3 is 33.9 Å². The van der Waals surface area contributed by atoms with Crippen LogP contribution in [-0.2, 0) is 23.7 Å². The fraction of sp³-hybridized carbons (Fsp3) is 0.867. The van der Waals surface area contributed by atoms with Gasteiger partial charge in [-0.05, 0) is 13.3 Å². The standard InChI is InChI=1S/C15H28O7/c1-6-7-11(10(17)8-16)22-15-14(20-5)13(19-4)12(18-3)9(2)21-15/h6,9-17H,1,7-8H2,2-5H3/t9-,10+,11-,12-,13+,14+,15-/m0/s1. The Morgan fingerprint density at radius 1 is 1.14 bits per heavy atom. The molecular weight excluding hydrogens is 292 g/mol. The fourth-order valence-electron chi connectivity index (χ4n) is 2.68. The van der Waals surface area contributed by atoms with Crippen LogP contribution >= 0.6 is 0 Å².